The van der Waals surface area contributed by atoms with E-state index >= 15 is 0 Å². The molecule has 6 nitrogen and oxygen atoms in total. The molecule has 4 aromatic rings. The number of methoxy groups -OCH3 is 1. The van der Waals surface area contributed by atoms with Crippen LogP contribution >= 0.6 is 0 Å². The number of aromatic nitrogens is 1. The summed E-state index contributed by atoms with van der Waals surface area (Å²) in [5.74, 6) is 6.46. The number of anilines is 1. The van der Waals surface area contributed by atoms with Crippen molar-refractivity contribution in [3.05, 3.63) is 99.7 Å². The molecule has 0 atom stereocenters. The lowest BCUT2D eigenvalue weighted by molar-refractivity contribution is -0.116. The fourth-order valence-electron chi connectivity index (χ4n) is 3.50. The third kappa shape index (κ3) is 5.28. The molecule has 0 aliphatic rings. The second-order valence-electron chi connectivity index (χ2n) is 7.45. The highest BCUT2D eigenvalue weighted by atomic mass is 16.5. The lowest BCUT2D eigenvalue weighted by atomic mass is 10.0. The van der Waals surface area contributed by atoms with Crippen molar-refractivity contribution in [3.63, 3.8) is 0 Å². The van der Waals surface area contributed by atoms with Crippen LogP contribution in [0.3, 0.4) is 0 Å². The number of pyridine rings is 1. The highest BCUT2D eigenvalue weighted by Gasteiger charge is 2.14. The van der Waals surface area contributed by atoms with E-state index in [4.69, 9.17) is 9.15 Å². The topological polar surface area (TPSA) is 81.4 Å². The number of carbonyl (C=O) groups excluding carboxylic acids is 1. The van der Waals surface area contributed by atoms with E-state index in [0.717, 1.165) is 16.5 Å². The minimum atomic E-state index is -0.437. The number of nitrogens with zero attached hydrogens (tertiary/aromatic N) is 1. The first-order chi connectivity index (χ1) is 16.0. The Morgan fingerprint density at radius 1 is 1.09 bits per heavy atom. The van der Waals surface area contributed by atoms with Gasteiger partial charge in [0, 0.05) is 40.9 Å². The van der Waals surface area contributed by atoms with Crippen LogP contribution in [0.25, 0.3) is 11.0 Å². The molecule has 164 valence electrons. The average Bonchev–Trinajstić information content (AvgIpc) is 2.83. The van der Waals surface area contributed by atoms with Crippen LogP contribution in [0.1, 0.15) is 28.8 Å². The number of fused-ring (bicyclic) bond motifs is 1. The van der Waals surface area contributed by atoms with Crippen molar-refractivity contribution in [1.29, 1.82) is 0 Å². The number of rotatable bonds is 5. The van der Waals surface area contributed by atoms with Gasteiger partial charge in [-0.05, 0) is 67.3 Å². The van der Waals surface area contributed by atoms with Crippen molar-refractivity contribution in [2.45, 2.75) is 19.8 Å². The second-order valence-corrected chi connectivity index (χ2v) is 7.45. The van der Waals surface area contributed by atoms with Gasteiger partial charge in [-0.25, -0.2) is 9.78 Å². The van der Waals surface area contributed by atoms with Crippen molar-refractivity contribution >= 4 is 22.6 Å². The Morgan fingerprint density at radius 3 is 2.76 bits per heavy atom. The van der Waals surface area contributed by atoms with E-state index in [1.807, 2.05) is 49.4 Å². The van der Waals surface area contributed by atoms with Gasteiger partial charge in [-0.15, -0.1) is 0 Å². The van der Waals surface area contributed by atoms with E-state index in [2.05, 4.69) is 22.1 Å². The van der Waals surface area contributed by atoms with E-state index in [1.165, 1.54) is 0 Å². The summed E-state index contributed by atoms with van der Waals surface area (Å²) in [7, 11) is 1.56. The molecule has 1 amide bonds. The molecule has 0 fully saturated rings. The van der Waals surface area contributed by atoms with E-state index in [9.17, 15) is 9.59 Å². The summed E-state index contributed by atoms with van der Waals surface area (Å²) in [6.07, 6.45) is 2.12. The van der Waals surface area contributed by atoms with Crippen molar-refractivity contribution in [1.82, 2.24) is 4.98 Å². The molecule has 0 aliphatic heterocycles. The maximum absolute atomic E-state index is 12.5. The zero-order valence-corrected chi connectivity index (χ0v) is 18.3. The van der Waals surface area contributed by atoms with Crippen LogP contribution < -0.4 is 15.7 Å². The number of ether oxygens (including phenoxy) is 1. The Hall–Kier alpha value is -4.37. The number of benzene rings is 2. The SMILES string of the molecule is COc1ccc2c(C)c(CCC(=O)Nc3cccc(C#Cc4ccccn4)c3)c(=O)oc2c1. The van der Waals surface area contributed by atoms with E-state index in [0.29, 0.717) is 28.3 Å². The van der Waals surface area contributed by atoms with E-state index < -0.39 is 5.63 Å². The Balaban J connectivity index is 1.44. The normalized spacial score (nSPS) is 10.4. The molecule has 6 heteroatoms. The molecule has 0 radical (unpaired) electrons. The number of amides is 1. The fraction of sp³-hybridized carbons (Fsp3) is 0.148. The summed E-state index contributed by atoms with van der Waals surface area (Å²) >= 11 is 0. The molecule has 33 heavy (non-hydrogen) atoms. The lowest BCUT2D eigenvalue weighted by Crippen LogP contribution is -2.16. The van der Waals surface area contributed by atoms with Crippen LogP contribution in [0, 0.1) is 18.8 Å². The smallest absolute Gasteiger partial charge is 0.339 e. The van der Waals surface area contributed by atoms with Gasteiger partial charge < -0.3 is 14.5 Å². The minimum absolute atomic E-state index is 0.150. The van der Waals surface area contributed by atoms with Gasteiger partial charge in [0.25, 0.3) is 0 Å². The number of hydrogen-bond donors (Lipinski definition) is 1. The maximum atomic E-state index is 12.5. The van der Waals surface area contributed by atoms with Gasteiger partial charge in [0.15, 0.2) is 0 Å². The summed E-state index contributed by atoms with van der Waals surface area (Å²) in [6.45, 7) is 1.86. The quantitative estimate of drug-likeness (QED) is 0.367. The Morgan fingerprint density at radius 2 is 1.97 bits per heavy atom. The molecule has 2 heterocycles. The van der Waals surface area contributed by atoms with Gasteiger partial charge in [0.2, 0.25) is 5.91 Å². The Kier molecular flexibility index (Phi) is 6.51. The van der Waals surface area contributed by atoms with Gasteiger partial charge in [-0.3, -0.25) is 4.79 Å². The molecular formula is C27H22N2O4. The summed E-state index contributed by atoms with van der Waals surface area (Å²) in [4.78, 5) is 29.2. The predicted molar refractivity (Wildman–Crippen MR) is 127 cm³/mol. The molecule has 0 saturated heterocycles. The van der Waals surface area contributed by atoms with Crippen LogP contribution in [-0.4, -0.2) is 18.0 Å². The third-order valence-electron chi connectivity index (χ3n) is 5.24. The number of hydrogen-bond acceptors (Lipinski definition) is 5. The first-order valence-electron chi connectivity index (χ1n) is 10.5. The third-order valence-corrected chi connectivity index (χ3v) is 5.24. The standard InChI is InChI=1S/C27H22N2O4/c1-18-23-12-11-22(32-2)17-25(23)33-27(31)24(18)13-14-26(30)29-21-8-5-6-19(16-21)9-10-20-7-3-4-15-28-20/h3-8,11-12,15-17H,13-14H2,1-2H3,(H,29,30). The van der Waals surface area contributed by atoms with Crippen LogP contribution in [-0.2, 0) is 11.2 Å². The molecular weight excluding hydrogens is 416 g/mol. The predicted octanol–water partition coefficient (Wildman–Crippen LogP) is 4.48. The van der Waals surface area contributed by atoms with Crippen LogP contribution in [0.5, 0.6) is 5.75 Å². The van der Waals surface area contributed by atoms with Crippen LogP contribution in [0.4, 0.5) is 5.69 Å². The monoisotopic (exact) mass is 438 g/mol. The summed E-state index contributed by atoms with van der Waals surface area (Å²) in [5.41, 5.74) is 3.42. The summed E-state index contributed by atoms with van der Waals surface area (Å²) < 4.78 is 10.6. The van der Waals surface area contributed by atoms with Gasteiger partial charge in [-0.2, -0.15) is 0 Å². The maximum Gasteiger partial charge on any atom is 0.339 e. The minimum Gasteiger partial charge on any atom is -0.497 e. The zero-order valence-electron chi connectivity index (χ0n) is 18.3. The van der Waals surface area contributed by atoms with Crippen molar-refractivity contribution in [2.75, 3.05) is 12.4 Å². The molecule has 2 aromatic carbocycles. The van der Waals surface area contributed by atoms with Crippen LogP contribution in [0.15, 0.2) is 76.1 Å². The highest BCUT2D eigenvalue weighted by molar-refractivity contribution is 5.91. The molecule has 0 spiro atoms. The second kappa shape index (κ2) is 9.84. The first-order valence-corrected chi connectivity index (χ1v) is 10.5. The molecule has 0 saturated carbocycles. The molecule has 0 bridgehead atoms. The fourth-order valence-corrected chi connectivity index (χ4v) is 3.50. The average molecular weight is 438 g/mol. The van der Waals surface area contributed by atoms with E-state index in [1.54, 1.807) is 31.5 Å². The van der Waals surface area contributed by atoms with Crippen molar-refractivity contribution < 1.29 is 13.9 Å². The van der Waals surface area contributed by atoms with Gasteiger partial charge in [0.1, 0.15) is 17.0 Å². The summed E-state index contributed by atoms with van der Waals surface area (Å²) in [5, 5.41) is 3.69. The first kappa shape index (κ1) is 21.8. The highest BCUT2D eigenvalue weighted by Crippen LogP contribution is 2.24. The number of nitrogens with one attached hydrogen (secondary N) is 1. The number of aryl methyl sites for hydroxylation is 1. The van der Waals surface area contributed by atoms with Gasteiger partial charge in [-0.1, -0.05) is 18.1 Å². The summed E-state index contributed by atoms with van der Waals surface area (Å²) in [6, 6.07) is 18.2. The Labute approximate surface area is 191 Å². The van der Waals surface area contributed by atoms with Gasteiger partial charge in [0.05, 0.1) is 7.11 Å². The lowest BCUT2D eigenvalue weighted by Gasteiger charge is -2.09. The molecule has 4 rings (SSSR count). The molecule has 0 unspecified atom stereocenters. The van der Waals surface area contributed by atoms with Crippen LogP contribution in [0.2, 0.25) is 0 Å². The van der Waals surface area contributed by atoms with Crippen molar-refractivity contribution in [3.8, 4) is 17.6 Å². The largest absolute Gasteiger partial charge is 0.497 e. The van der Waals surface area contributed by atoms with Crippen molar-refractivity contribution in [2.24, 2.45) is 0 Å². The van der Waals surface area contributed by atoms with E-state index in [-0.39, 0.29) is 18.7 Å². The molecule has 1 N–H and O–H groups in total. The van der Waals surface area contributed by atoms with Gasteiger partial charge >= 0.3 is 5.63 Å². The molecule has 2 aromatic heterocycles. The molecule has 0 aliphatic carbocycles. The Bertz CT molecular complexity index is 1430. The number of carbonyl (C=O) groups is 1. The zero-order chi connectivity index (χ0) is 23.2.